The summed E-state index contributed by atoms with van der Waals surface area (Å²) in [5.41, 5.74) is -0.177. The van der Waals surface area contributed by atoms with Crippen LogP contribution in [0.2, 0.25) is 0 Å². The van der Waals surface area contributed by atoms with Crippen LogP contribution in [0.3, 0.4) is 0 Å². The molecule has 1 aromatic heterocycles. The lowest BCUT2D eigenvalue weighted by molar-refractivity contribution is -0.167. The molecule has 3 heterocycles. The molecule has 1 unspecified atom stereocenters. The van der Waals surface area contributed by atoms with Gasteiger partial charge in [-0.25, -0.2) is 0 Å². The molecule has 0 saturated carbocycles. The monoisotopic (exact) mass is 304 g/mol. The first-order valence-electron chi connectivity index (χ1n) is 8.18. The molecule has 0 N–H and O–H groups in total. The van der Waals surface area contributed by atoms with Crippen molar-refractivity contribution in [3.8, 4) is 5.75 Å². The molecule has 22 heavy (non-hydrogen) atoms. The van der Waals surface area contributed by atoms with E-state index in [1.54, 1.807) is 12.4 Å². The Morgan fingerprint density at radius 2 is 2.41 bits per heavy atom. The van der Waals surface area contributed by atoms with E-state index in [1.807, 2.05) is 17.0 Å². The van der Waals surface area contributed by atoms with Crippen molar-refractivity contribution in [2.45, 2.75) is 38.2 Å². The molecule has 1 atom stereocenters. The first-order valence-corrected chi connectivity index (χ1v) is 8.18. The van der Waals surface area contributed by atoms with Crippen molar-refractivity contribution < 1.29 is 14.3 Å². The quantitative estimate of drug-likeness (QED) is 0.809. The fourth-order valence-electron chi connectivity index (χ4n) is 3.26. The van der Waals surface area contributed by atoms with Crippen molar-refractivity contribution in [1.82, 2.24) is 9.88 Å². The number of amides is 1. The largest absolute Gasteiger partial charge is 0.492 e. The molecule has 1 spiro atoms. The maximum absolute atomic E-state index is 12.0. The summed E-state index contributed by atoms with van der Waals surface area (Å²) in [5, 5.41) is 0. The third kappa shape index (κ3) is 3.09. The van der Waals surface area contributed by atoms with Gasteiger partial charge in [-0.15, -0.1) is 0 Å². The minimum atomic E-state index is -0.177. The second-order valence-electron chi connectivity index (χ2n) is 6.25. The molecule has 2 fully saturated rings. The minimum absolute atomic E-state index is 0.177. The van der Waals surface area contributed by atoms with Crippen LogP contribution < -0.4 is 4.74 Å². The maximum atomic E-state index is 12.0. The van der Waals surface area contributed by atoms with Gasteiger partial charge in [-0.3, -0.25) is 9.78 Å². The van der Waals surface area contributed by atoms with Crippen LogP contribution in [-0.2, 0) is 9.53 Å². The van der Waals surface area contributed by atoms with Gasteiger partial charge in [0.25, 0.3) is 0 Å². The number of unbranched alkanes of at least 4 members (excludes halogenated alkanes) is 1. The van der Waals surface area contributed by atoms with Gasteiger partial charge in [0, 0.05) is 25.1 Å². The lowest BCUT2D eigenvalue weighted by atomic mass is 9.81. The molecule has 5 nitrogen and oxygen atoms in total. The predicted molar refractivity (Wildman–Crippen MR) is 82.6 cm³/mol. The third-order valence-corrected chi connectivity index (χ3v) is 4.70. The van der Waals surface area contributed by atoms with Crippen LogP contribution in [0.15, 0.2) is 24.5 Å². The summed E-state index contributed by atoms with van der Waals surface area (Å²) in [6, 6.07) is 3.78. The van der Waals surface area contributed by atoms with E-state index in [0.717, 1.165) is 44.7 Å². The van der Waals surface area contributed by atoms with E-state index < -0.39 is 0 Å². The molecule has 2 aliphatic heterocycles. The van der Waals surface area contributed by atoms with Crippen LogP contribution in [0.25, 0.3) is 0 Å². The summed E-state index contributed by atoms with van der Waals surface area (Å²) in [5.74, 6) is 1.40. The first kappa shape index (κ1) is 15.3. The average Bonchev–Trinajstić information content (AvgIpc) is 2.94. The fourth-order valence-corrected chi connectivity index (χ4v) is 3.26. The van der Waals surface area contributed by atoms with E-state index in [-0.39, 0.29) is 11.5 Å². The molecule has 0 bridgehead atoms. The summed E-state index contributed by atoms with van der Waals surface area (Å²) in [4.78, 5) is 18.0. The number of pyridine rings is 1. The van der Waals surface area contributed by atoms with E-state index in [9.17, 15) is 4.79 Å². The highest BCUT2D eigenvalue weighted by molar-refractivity contribution is 5.77. The fraction of sp³-hybridized carbons (Fsp3) is 0.647. The van der Waals surface area contributed by atoms with Crippen LogP contribution in [0.5, 0.6) is 5.75 Å². The Bertz CT molecular complexity index is 500. The maximum Gasteiger partial charge on any atom is 0.222 e. The normalized spacial score (nSPS) is 22.6. The molecule has 0 radical (unpaired) electrons. The number of aromatic nitrogens is 1. The number of likely N-dealkylation sites (tertiary alicyclic amines) is 1. The van der Waals surface area contributed by atoms with Crippen molar-refractivity contribution >= 4 is 5.91 Å². The number of carbonyl (C=O) groups excluding carboxylic acids is 1. The molecule has 2 saturated heterocycles. The zero-order chi connectivity index (χ0) is 15.4. The van der Waals surface area contributed by atoms with Gasteiger partial charge < -0.3 is 14.4 Å². The summed E-state index contributed by atoms with van der Waals surface area (Å²) in [6.45, 7) is 4.94. The van der Waals surface area contributed by atoms with Crippen LogP contribution in [0.1, 0.15) is 32.6 Å². The molecule has 1 aromatic rings. The van der Waals surface area contributed by atoms with Crippen molar-refractivity contribution in [3.63, 3.8) is 0 Å². The first-order chi connectivity index (χ1) is 10.7. The van der Waals surface area contributed by atoms with Gasteiger partial charge in [0.15, 0.2) is 0 Å². The highest BCUT2D eigenvalue weighted by Gasteiger charge is 2.54. The highest BCUT2D eigenvalue weighted by atomic mass is 16.5. The molecular weight excluding hydrogens is 280 g/mol. The van der Waals surface area contributed by atoms with E-state index in [0.29, 0.717) is 18.9 Å². The number of carbonyl (C=O) groups is 1. The average molecular weight is 304 g/mol. The van der Waals surface area contributed by atoms with Gasteiger partial charge in [-0.1, -0.05) is 13.3 Å². The Hall–Kier alpha value is -1.62. The molecule has 3 rings (SSSR count). The Morgan fingerprint density at radius 3 is 3.14 bits per heavy atom. The molecule has 2 aliphatic rings. The van der Waals surface area contributed by atoms with Crippen molar-refractivity contribution in [2.75, 3.05) is 26.3 Å². The number of ether oxygens (including phenoxy) is 2. The van der Waals surface area contributed by atoms with Crippen molar-refractivity contribution in [3.05, 3.63) is 24.5 Å². The van der Waals surface area contributed by atoms with Gasteiger partial charge in [-0.05, 0) is 25.0 Å². The van der Waals surface area contributed by atoms with Gasteiger partial charge in [0.05, 0.1) is 25.9 Å². The number of rotatable bonds is 6. The van der Waals surface area contributed by atoms with Crippen molar-refractivity contribution in [2.24, 2.45) is 5.92 Å². The number of hydrogen-bond donors (Lipinski definition) is 0. The van der Waals surface area contributed by atoms with Crippen LogP contribution in [0.4, 0.5) is 0 Å². The number of hydrogen-bond acceptors (Lipinski definition) is 4. The van der Waals surface area contributed by atoms with Crippen LogP contribution >= 0.6 is 0 Å². The SMILES string of the molecule is CCCCC(=O)N1CC2(C1)OCCC2COc1cccnc1. The Balaban J connectivity index is 1.51. The van der Waals surface area contributed by atoms with Gasteiger partial charge in [0.1, 0.15) is 11.4 Å². The van der Waals surface area contributed by atoms with Crippen LogP contribution in [-0.4, -0.2) is 47.7 Å². The smallest absolute Gasteiger partial charge is 0.222 e. The minimum Gasteiger partial charge on any atom is -0.492 e. The van der Waals surface area contributed by atoms with Gasteiger partial charge in [-0.2, -0.15) is 0 Å². The second kappa shape index (κ2) is 6.65. The van der Waals surface area contributed by atoms with E-state index in [4.69, 9.17) is 9.47 Å². The second-order valence-corrected chi connectivity index (χ2v) is 6.25. The highest BCUT2D eigenvalue weighted by Crippen LogP contribution is 2.40. The Kier molecular flexibility index (Phi) is 4.62. The zero-order valence-electron chi connectivity index (χ0n) is 13.2. The molecule has 5 heteroatoms. The Morgan fingerprint density at radius 1 is 1.55 bits per heavy atom. The van der Waals surface area contributed by atoms with Gasteiger partial charge in [0.2, 0.25) is 5.91 Å². The Labute approximate surface area is 131 Å². The van der Waals surface area contributed by atoms with Crippen molar-refractivity contribution in [1.29, 1.82) is 0 Å². The van der Waals surface area contributed by atoms with E-state index >= 15 is 0 Å². The number of nitrogens with zero attached hydrogens (tertiary/aromatic N) is 2. The summed E-state index contributed by atoms with van der Waals surface area (Å²) in [6.07, 6.45) is 7.14. The molecular formula is C17H24N2O3. The van der Waals surface area contributed by atoms with E-state index in [2.05, 4.69) is 11.9 Å². The zero-order valence-corrected chi connectivity index (χ0v) is 13.2. The van der Waals surface area contributed by atoms with Crippen LogP contribution in [0, 0.1) is 5.92 Å². The lowest BCUT2D eigenvalue weighted by Crippen LogP contribution is -2.66. The topological polar surface area (TPSA) is 51.7 Å². The third-order valence-electron chi connectivity index (χ3n) is 4.70. The lowest BCUT2D eigenvalue weighted by Gasteiger charge is -2.50. The van der Waals surface area contributed by atoms with Gasteiger partial charge >= 0.3 is 0 Å². The molecule has 0 aromatic carbocycles. The molecule has 0 aliphatic carbocycles. The predicted octanol–water partition coefficient (Wildman–Crippen LogP) is 2.27. The molecule has 120 valence electrons. The van der Waals surface area contributed by atoms with E-state index in [1.165, 1.54) is 0 Å². The summed E-state index contributed by atoms with van der Waals surface area (Å²) >= 11 is 0. The standard InChI is InChI=1S/C17H24N2O3/c1-2-3-6-16(20)19-12-17(13-19)14(7-9-22-17)11-21-15-5-4-8-18-10-15/h4-5,8,10,14H,2-3,6-7,9,11-13H2,1H3. The summed E-state index contributed by atoms with van der Waals surface area (Å²) < 4.78 is 11.8. The molecule has 1 amide bonds. The summed E-state index contributed by atoms with van der Waals surface area (Å²) in [7, 11) is 0.